The minimum atomic E-state index is -3.82. The summed E-state index contributed by atoms with van der Waals surface area (Å²) in [6, 6.07) is 13.8. The number of fused-ring (bicyclic) bond motifs is 1. The van der Waals surface area contributed by atoms with E-state index in [0.29, 0.717) is 0 Å². The molecule has 8 heteroatoms. The van der Waals surface area contributed by atoms with Crippen molar-refractivity contribution in [1.82, 2.24) is 4.72 Å². The van der Waals surface area contributed by atoms with Gasteiger partial charge < -0.3 is 9.64 Å². The topological polar surface area (TPSA) is 92.8 Å². The molecule has 3 rings (SSSR count). The number of ether oxygens (including phenoxy) is 1. The van der Waals surface area contributed by atoms with Gasteiger partial charge >= 0.3 is 5.97 Å². The number of nitrogens with zero attached hydrogens (tertiary/aromatic N) is 1. The van der Waals surface area contributed by atoms with Crippen molar-refractivity contribution in [1.29, 1.82) is 0 Å². The van der Waals surface area contributed by atoms with Crippen molar-refractivity contribution in [2.24, 2.45) is 0 Å². The molecule has 7 nitrogen and oxygen atoms in total. The predicted octanol–water partition coefficient (Wildman–Crippen LogP) is 1.79. The van der Waals surface area contributed by atoms with Crippen molar-refractivity contribution >= 4 is 27.6 Å². The summed E-state index contributed by atoms with van der Waals surface area (Å²) in [5.74, 6) is -1.16. The lowest BCUT2D eigenvalue weighted by Crippen LogP contribution is -2.39. The summed E-state index contributed by atoms with van der Waals surface area (Å²) >= 11 is 0. The van der Waals surface area contributed by atoms with E-state index >= 15 is 0 Å². The van der Waals surface area contributed by atoms with E-state index in [0.717, 1.165) is 23.2 Å². The van der Waals surface area contributed by atoms with Crippen LogP contribution in [-0.2, 0) is 30.8 Å². The van der Waals surface area contributed by atoms with Gasteiger partial charge in [-0.15, -0.1) is 0 Å². The van der Waals surface area contributed by atoms with Crippen molar-refractivity contribution in [2.45, 2.75) is 31.2 Å². The van der Waals surface area contributed by atoms with Gasteiger partial charge in [0, 0.05) is 11.7 Å². The summed E-state index contributed by atoms with van der Waals surface area (Å²) in [7, 11) is -3.82. The molecule has 0 saturated heterocycles. The van der Waals surface area contributed by atoms with Gasteiger partial charge in [0.05, 0.1) is 4.90 Å². The molecule has 1 atom stereocenters. The van der Waals surface area contributed by atoms with Gasteiger partial charge in [-0.05, 0) is 44.0 Å². The zero-order valence-electron chi connectivity index (χ0n) is 15.7. The summed E-state index contributed by atoms with van der Waals surface area (Å²) in [6.45, 7) is 2.78. The quantitative estimate of drug-likeness (QED) is 0.744. The van der Waals surface area contributed by atoms with Crippen LogP contribution in [0.4, 0.5) is 5.69 Å². The number of carbonyl (C=O) groups excluding carboxylic acids is 2. The number of aryl methyl sites for hydroxylation is 1. The summed E-state index contributed by atoms with van der Waals surface area (Å²) in [5, 5.41) is 0. The first kappa shape index (κ1) is 20.0. The van der Waals surface area contributed by atoms with Crippen LogP contribution in [0.25, 0.3) is 0 Å². The van der Waals surface area contributed by atoms with Gasteiger partial charge in [0.2, 0.25) is 10.0 Å². The first-order chi connectivity index (χ1) is 13.3. The van der Waals surface area contributed by atoms with E-state index < -0.39 is 29.1 Å². The third kappa shape index (κ3) is 4.40. The second-order valence-electron chi connectivity index (χ2n) is 6.74. The van der Waals surface area contributed by atoms with Crippen LogP contribution in [0.2, 0.25) is 0 Å². The maximum atomic E-state index is 12.5. The summed E-state index contributed by atoms with van der Waals surface area (Å²) in [5.41, 5.74) is 2.81. The first-order valence-electron chi connectivity index (χ1n) is 8.90. The van der Waals surface area contributed by atoms with Gasteiger partial charge in [0.15, 0.2) is 6.61 Å². The molecule has 1 heterocycles. The standard InChI is InChI=1S/C20H22N2O5S/c1-14-7-9-17(10-8-14)28(25,26)21-12-20(24)27-13-19(23)22-15(2)11-16-5-3-4-6-18(16)22/h3-10,15,21H,11-13H2,1-2H3. The Morgan fingerprint density at radius 2 is 1.82 bits per heavy atom. The fourth-order valence-electron chi connectivity index (χ4n) is 3.16. The molecule has 148 valence electrons. The molecule has 0 aromatic heterocycles. The number of hydrogen-bond acceptors (Lipinski definition) is 5. The Labute approximate surface area is 164 Å². The molecule has 28 heavy (non-hydrogen) atoms. The minimum Gasteiger partial charge on any atom is -0.455 e. The van der Waals surface area contributed by atoms with Gasteiger partial charge in [-0.3, -0.25) is 9.59 Å². The number of anilines is 1. The van der Waals surface area contributed by atoms with Crippen LogP contribution in [0, 0.1) is 6.92 Å². The van der Waals surface area contributed by atoms with E-state index in [1.807, 2.05) is 38.1 Å². The Kier molecular flexibility index (Phi) is 5.81. The number of rotatable bonds is 6. The second-order valence-corrected chi connectivity index (χ2v) is 8.51. The van der Waals surface area contributed by atoms with Gasteiger partial charge in [-0.1, -0.05) is 35.9 Å². The smallest absolute Gasteiger partial charge is 0.321 e. The van der Waals surface area contributed by atoms with Crippen molar-refractivity contribution in [3.63, 3.8) is 0 Å². The monoisotopic (exact) mass is 402 g/mol. The van der Waals surface area contributed by atoms with Crippen LogP contribution >= 0.6 is 0 Å². The van der Waals surface area contributed by atoms with Crippen molar-refractivity contribution < 1.29 is 22.7 Å². The Morgan fingerprint density at radius 3 is 2.54 bits per heavy atom. The normalized spacial score (nSPS) is 15.9. The Morgan fingerprint density at radius 1 is 1.14 bits per heavy atom. The molecule has 2 aromatic carbocycles. The van der Waals surface area contributed by atoms with Crippen LogP contribution in [0.1, 0.15) is 18.1 Å². The molecule has 0 radical (unpaired) electrons. The van der Waals surface area contributed by atoms with Gasteiger partial charge in [0.25, 0.3) is 5.91 Å². The van der Waals surface area contributed by atoms with Crippen molar-refractivity contribution in [3.05, 3.63) is 59.7 Å². The van der Waals surface area contributed by atoms with Crippen molar-refractivity contribution in [2.75, 3.05) is 18.1 Å². The molecule has 0 aliphatic carbocycles. The van der Waals surface area contributed by atoms with E-state index in [1.54, 1.807) is 17.0 Å². The number of hydrogen-bond donors (Lipinski definition) is 1. The molecule has 0 saturated carbocycles. The van der Waals surface area contributed by atoms with E-state index in [2.05, 4.69) is 4.72 Å². The molecule has 0 spiro atoms. The lowest BCUT2D eigenvalue weighted by atomic mass is 10.1. The largest absolute Gasteiger partial charge is 0.455 e. The van der Waals surface area contributed by atoms with Crippen LogP contribution in [0.5, 0.6) is 0 Å². The fourth-order valence-corrected chi connectivity index (χ4v) is 4.13. The number of sulfonamides is 1. The molecule has 0 fully saturated rings. The average molecular weight is 402 g/mol. The van der Waals surface area contributed by atoms with Gasteiger partial charge in [-0.2, -0.15) is 4.72 Å². The van der Waals surface area contributed by atoms with Gasteiger partial charge in [-0.25, -0.2) is 8.42 Å². The number of nitrogens with one attached hydrogen (secondary N) is 1. The van der Waals surface area contributed by atoms with Crippen LogP contribution in [-0.4, -0.2) is 39.5 Å². The Hall–Kier alpha value is -2.71. The number of amides is 1. The molecule has 1 N–H and O–H groups in total. The van der Waals surface area contributed by atoms with Crippen molar-refractivity contribution in [3.8, 4) is 0 Å². The molecule has 1 aliphatic heterocycles. The van der Waals surface area contributed by atoms with Gasteiger partial charge in [0.1, 0.15) is 6.54 Å². The van der Waals surface area contributed by atoms with Crippen LogP contribution < -0.4 is 9.62 Å². The SMILES string of the molecule is Cc1ccc(S(=O)(=O)NCC(=O)OCC(=O)N2c3ccccc3CC2C)cc1. The predicted molar refractivity (Wildman–Crippen MR) is 104 cm³/mol. The third-order valence-electron chi connectivity index (χ3n) is 4.57. The van der Waals surface area contributed by atoms with E-state index in [9.17, 15) is 18.0 Å². The molecule has 1 aliphatic rings. The molecule has 1 unspecified atom stereocenters. The van der Waals surface area contributed by atoms with E-state index in [1.165, 1.54) is 12.1 Å². The zero-order valence-corrected chi connectivity index (χ0v) is 16.5. The highest BCUT2D eigenvalue weighted by molar-refractivity contribution is 7.89. The first-order valence-corrected chi connectivity index (χ1v) is 10.4. The molecule has 2 aromatic rings. The lowest BCUT2D eigenvalue weighted by Gasteiger charge is -2.22. The number of benzene rings is 2. The minimum absolute atomic E-state index is 0.0244. The highest BCUT2D eigenvalue weighted by atomic mass is 32.2. The Bertz CT molecular complexity index is 986. The maximum Gasteiger partial charge on any atom is 0.321 e. The number of esters is 1. The maximum absolute atomic E-state index is 12.5. The van der Waals surface area contributed by atoms with E-state index in [-0.39, 0.29) is 16.8 Å². The van der Waals surface area contributed by atoms with Crippen LogP contribution in [0.3, 0.4) is 0 Å². The fraction of sp³-hybridized carbons (Fsp3) is 0.300. The summed E-state index contributed by atoms with van der Waals surface area (Å²) in [6.07, 6.45) is 0.742. The number of carbonyl (C=O) groups is 2. The third-order valence-corrected chi connectivity index (χ3v) is 5.99. The number of para-hydroxylation sites is 1. The lowest BCUT2D eigenvalue weighted by molar-refractivity contribution is -0.146. The molecule has 0 bridgehead atoms. The Balaban J connectivity index is 1.53. The van der Waals surface area contributed by atoms with E-state index in [4.69, 9.17) is 4.74 Å². The second kappa shape index (κ2) is 8.12. The molecule has 1 amide bonds. The highest BCUT2D eigenvalue weighted by Gasteiger charge is 2.31. The van der Waals surface area contributed by atoms with Crippen LogP contribution in [0.15, 0.2) is 53.4 Å². The summed E-state index contributed by atoms with van der Waals surface area (Å²) in [4.78, 5) is 26.1. The zero-order chi connectivity index (χ0) is 20.3. The molecular weight excluding hydrogens is 380 g/mol. The molecular formula is C20H22N2O5S. The average Bonchev–Trinajstić information content (AvgIpc) is 3.00. The highest BCUT2D eigenvalue weighted by Crippen LogP contribution is 2.31. The summed E-state index contributed by atoms with van der Waals surface area (Å²) < 4.78 is 31.5.